The Morgan fingerprint density at radius 2 is 0.941 bits per heavy atom. The van der Waals surface area contributed by atoms with Crippen molar-refractivity contribution in [2.75, 3.05) is 0 Å². The van der Waals surface area contributed by atoms with Crippen LogP contribution in [0.2, 0.25) is 0 Å². The van der Waals surface area contributed by atoms with E-state index < -0.39 is 17.2 Å². The Bertz CT molecular complexity index is 1370. The molecule has 174 valence electrons. The molecule has 1 N–H and O–H groups in total. The summed E-state index contributed by atoms with van der Waals surface area (Å²) in [6.45, 7) is 7.90. The van der Waals surface area contributed by atoms with Gasteiger partial charge in [-0.25, -0.2) is 0 Å². The smallest absolute Gasteiger partial charge is 0.282 e. The van der Waals surface area contributed by atoms with Crippen molar-refractivity contribution < 1.29 is 13.0 Å². The van der Waals surface area contributed by atoms with E-state index in [2.05, 4.69) is 72.8 Å². The van der Waals surface area contributed by atoms with Gasteiger partial charge in [0.05, 0.1) is 12.7 Å². The van der Waals surface area contributed by atoms with Crippen molar-refractivity contribution in [1.82, 2.24) is 0 Å². The van der Waals surface area contributed by atoms with E-state index in [4.69, 9.17) is 4.74 Å². The van der Waals surface area contributed by atoms with Crippen LogP contribution in [0.15, 0.2) is 101 Å². The highest BCUT2D eigenvalue weighted by Crippen LogP contribution is 2.50. The van der Waals surface area contributed by atoms with Gasteiger partial charge in [-0.3, -0.25) is 9.30 Å². The van der Waals surface area contributed by atoms with Crippen molar-refractivity contribution in [2.24, 2.45) is 4.74 Å². The fourth-order valence-electron chi connectivity index (χ4n) is 3.97. The molecule has 0 atom stereocenters. The third kappa shape index (κ3) is 4.78. The third-order valence-electron chi connectivity index (χ3n) is 5.87. The number of nitrogens with zero attached hydrogens (tertiary/aromatic N) is 1. The van der Waals surface area contributed by atoms with Gasteiger partial charge in [0.25, 0.3) is 10.1 Å². The molecule has 4 aromatic rings. The quantitative estimate of drug-likeness (QED) is 0.277. The zero-order valence-electron chi connectivity index (χ0n) is 19.7. The first-order chi connectivity index (χ1) is 16.1. The first-order valence-electron chi connectivity index (χ1n) is 11.0. The molecular weight excluding hydrogens is 461 g/mol. The predicted molar refractivity (Wildman–Crippen MR) is 142 cm³/mol. The Labute approximate surface area is 202 Å². The van der Waals surface area contributed by atoms with Crippen LogP contribution in [0.1, 0.15) is 22.3 Å². The van der Waals surface area contributed by atoms with Crippen molar-refractivity contribution in [3.8, 4) is 0 Å². The van der Waals surface area contributed by atoms with Crippen molar-refractivity contribution in [3.05, 3.63) is 113 Å². The lowest BCUT2D eigenvalue weighted by atomic mass is 10.2. The van der Waals surface area contributed by atoms with E-state index in [1.165, 1.54) is 6.07 Å². The first kappa shape index (κ1) is 24.2. The standard InChI is InChI=1S/C28H28NO3PS/c1-20-5-12-24(13-6-20)33(25-14-7-21(2)8-15-25,26-16-9-22(3)10-17-26)29-27-18-11-23(4)19-28(27)34(30,31)32/h5-19H,1-4H3,(H,30,31,32). The Morgan fingerprint density at radius 1 is 0.588 bits per heavy atom. The van der Waals surface area contributed by atoms with Crippen LogP contribution < -0.4 is 15.9 Å². The molecular formula is C28H28NO3PS. The summed E-state index contributed by atoms with van der Waals surface area (Å²) in [5.74, 6) is 0. The van der Waals surface area contributed by atoms with Gasteiger partial charge < -0.3 is 0 Å². The SMILES string of the molecule is Cc1ccc(P(=Nc2ccc(C)cc2S(=O)(=O)O)(c2ccc(C)cc2)c2ccc(C)cc2)cc1. The maximum absolute atomic E-state index is 12.3. The minimum Gasteiger partial charge on any atom is -0.282 e. The Hall–Kier alpha value is -2.98. The van der Waals surface area contributed by atoms with E-state index in [-0.39, 0.29) is 10.6 Å². The maximum atomic E-state index is 12.3. The molecule has 0 radical (unpaired) electrons. The summed E-state index contributed by atoms with van der Waals surface area (Å²) in [6, 6.07) is 29.8. The Morgan fingerprint density at radius 3 is 1.29 bits per heavy atom. The van der Waals surface area contributed by atoms with Crippen LogP contribution in [-0.4, -0.2) is 13.0 Å². The molecule has 34 heavy (non-hydrogen) atoms. The van der Waals surface area contributed by atoms with Gasteiger partial charge in [0, 0.05) is 15.9 Å². The zero-order chi connectivity index (χ0) is 24.5. The van der Waals surface area contributed by atoms with E-state index in [0.29, 0.717) is 0 Å². The summed E-state index contributed by atoms with van der Waals surface area (Å²) >= 11 is 0. The summed E-state index contributed by atoms with van der Waals surface area (Å²) in [4.78, 5) is -0.178. The topological polar surface area (TPSA) is 66.7 Å². The number of rotatable bonds is 5. The van der Waals surface area contributed by atoms with E-state index in [1.54, 1.807) is 13.0 Å². The van der Waals surface area contributed by atoms with Crippen LogP contribution in [0, 0.1) is 27.7 Å². The normalized spacial score (nSPS) is 11.9. The highest BCUT2D eigenvalue weighted by atomic mass is 32.2. The second-order valence-corrected chi connectivity index (χ2v) is 13.1. The Kier molecular flexibility index (Phi) is 6.64. The number of hydrogen-bond acceptors (Lipinski definition) is 3. The van der Waals surface area contributed by atoms with Gasteiger partial charge in [-0.1, -0.05) is 95.6 Å². The molecule has 0 aliphatic heterocycles. The molecule has 0 spiro atoms. The maximum Gasteiger partial charge on any atom is 0.296 e. The molecule has 0 aliphatic carbocycles. The van der Waals surface area contributed by atoms with Crippen molar-refractivity contribution >= 4 is 38.8 Å². The summed E-state index contributed by atoms with van der Waals surface area (Å²) in [5.41, 5.74) is 4.37. The number of benzene rings is 4. The van der Waals surface area contributed by atoms with E-state index in [9.17, 15) is 13.0 Å². The summed E-state index contributed by atoms with van der Waals surface area (Å²) in [6.07, 6.45) is 0. The molecule has 0 saturated heterocycles. The van der Waals surface area contributed by atoms with Crippen LogP contribution in [0.3, 0.4) is 0 Å². The molecule has 4 aromatic carbocycles. The molecule has 4 rings (SSSR count). The number of hydrogen-bond donors (Lipinski definition) is 1. The largest absolute Gasteiger partial charge is 0.296 e. The fraction of sp³-hybridized carbons (Fsp3) is 0.143. The molecule has 0 saturated carbocycles. The summed E-state index contributed by atoms with van der Waals surface area (Å²) < 4.78 is 40.0. The van der Waals surface area contributed by atoms with Crippen LogP contribution in [0.25, 0.3) is 0 Å². The van der Waals surface area contributed by atoms with Crippen molar-refractivity contribution in [3.63, 3.8) is 0 Å². The van der Waals surface area contributed by atoms with Crippen LogP contribution in [0.4, 0.5) is 5.69 Å². The molecule has 0 bridgehead atoms. The zero-order valence-corrected chi connectivity index (χ0v) is 21.4. The van der Waals surface area contributed by atoms with Crippen LogP contribution in [-0.2, 0) is 10.1 Å². The lowest BCUT2D eigenvalue weighted by Gasteiger charge is -2.28. The third-order valence-corrected chi connectivity index (χ3v) is 10.4. The molecule has 0 unspecified atom stereocenters. The highest BCUT2D eigenvalue weighted by molar-refractivity contribution is 7.87. The average molecular weight is 490 g/mol. The molecule has 0 aromatic heterocycles. The molecule has 0 aliphatic rings. The molecule has 6 heteroatoms. The van der Waals surface area contributed by atoms with Gasteiger partial charge in [0.1, 0.15) is 4.90 Å². The van der Waals surface area contributed by atoms with E-state index >= 15 is 0 Å². The Balaban J connectivity index is 2.21. The molecule has 0 amide bonds. The second kappa shape index (κ2) is 9.34. The molecule has 0 fully saturated rings. The van der Waals surface area contributed by atoms with Crippen LogP contribution in [0.5, 0.6) is 0 Å². The van der Waals surface area contributed by atoms with Gasteiger partial charge in [0.15, 0.2) is 0 Å². The molecule has 0 heterocycles. The lowest BCUT2D eigenvalue weighted by molar-refractivity contribution is 0.483. The average Bonchev–Trinajstić information content (AvgIpc) is 2.80. The van der Waals surface area contributed by atoms with Crippen molar-refractivity contribution in [1.29, 1.82) is 0 Å². The minimum absolute atomic E-state index is 0.178. The minimum atomic E-state index is -4.47. The summed E-state index contributed by atoms with van der Waals surface area (Å²) in [7, 11) is -7.17. The monoisotopic (exact) mass is 489 g/mol. The first-order valence-corrected chi connectivity index (χ1v) is 14.2. The summed E-state index contributed by atoms with van der Waals surface area (Å²) in [5, 5.41) is 3.02. The van der Waals surface area contributed by atoms with Crippen LogP contribution >= 0.6 is 7.05 Å². The molecule has 4 nitrogen and oxygen atoms in total. The van der Waals surface area contributed by atoms with Gasteiger partial charge >= 0.3 is 0 Å². The van der Waals surface area contributed by atoms with E-state index in [0.717, 1.165) is 38.2 Å². The van der Waals surface area contributed by atoms with Gasteiger partial charge in [-0.05, 0) is 45.4 Å². The fourth-order valence-corrected chi connectivity index (χ4v) is 8.23. The van der Waals surface area contributed by atoms with Gasteiger partial charge in [-0.2, -0.15) is 8.42 Å². The number of aryl methyl sites for hydroxylation is 4. The predicted octanol–water partition coefficient (Wildman–Crippen LogP) is 5.98. The van der Waals surface area contributed by atoms with Gasteiger partial charge in [-0.15, -0.1) is 0 Å². The van der Waals surface area contributed by atoms with E-state index in [1.807, 2.05) is 26.8 Å². The highest BCUT2D eigenvalue weighted by Gasteiger charge is 2.29. The second-order valence-electron chi connectivity index (χ2n) is 8.69. The lowest BCUT2D eigenvalue weighted by Crippen LogP contribution is -2.25. The van der Waals surface area contributed by atoms with Gasteiger partial charge in [0.2, 0.25) is 0 Å². The van der Waals surface area contributed by atoms with Crippen molar-refractivity contribution in [2.45, 2.75) is 32.6 Å².